The van der Waals surface area contributed by atoms with Crippen molar-refractivity contribution in [2.45, 2.75) is 32.2 Å². The van der Waals surface area contributed by atoms with Crippen LogP contribution in [0.5, 0.6) is 0 Å². The second kappa shape index (κ2) is 6.27. The van der Waals surface area contributed by atoms with Gasteiger partial charge in [-0.1, -0.05) is 0 Å². The number of hydrogen-bond donors (Lipinski definition) is 0. The van der Waals surface area contributed by atoms with Crippen LogP contribution in [0.3, 0.4) is 0 Å². The van der Waals surface area contributed by atoms with Gasteiger partial charge in [0.15, 0.2) is 5.69 Å². The minimum Gasteiger partial charge on any atom is -0.358 e. The number of hydrogen-bond acceptors (Lipinski definition) is 6. The van der Waals surface area contributed by atoms with Crippen LogP contribution in [0.15, 0.2) is 12.1 Å². The van der Waals surface area contributed by atoms with E-state index < -0.39 is 26.5 Å². The molecule has 0 aromatic heterocycles. The van der Waals surface area contributed by atoms with E-state index in [1.54, 1.807) is 4.90 Å². The van der Waals surface area contributed by atoms with Gasteiger partial charge in [0.05, 0.1) is 9.85 Å². The summed E-state index contributed by atoms with van der Waals surface area (Å²) in [6.45, 7) is 2.37. The quantitative estimate of drug-likeness (QED) is 0.477. The number of anilines is 1. The standard InChI is InChI=1S/C13H14ClN3O5/c1-8-4-2-3-5-15(8)12-10(16(19)20)6-9(13(14)18)7-11(12)17(21)22/h6-8H,2-5H2,1H3. The average Bonchev–Trinajstić information content (AvgIpc) is 2.46. The van der Waals surface area contributed by atoms with E-state index in [0.717, 1.165) is 31.4 Å². The molecule has 22 heavy (non-hydrogen) atoms. The fourth-order valence-corrected chi connectivity index (χ4v) is 2.83. The van der Waals surface area contributed by atoms with E-state index in [2.05, 4.69) is 0 Å². The maximum atomic E-state index is 11.3. The van der Waals surface area contributed by atoms with Crippen molar-refractivity contribution < 1.29 is 14.6 Å². The Labute approximate surface area is 131 Å². The van der Waals surface area contributed by atoms with Crippen LogP contribution in [-0.2, 0) is 0 Å². The molecular formula is C13H14ClN3O5. The molecule has 2 rings (SSSR count). The van der Waals surface area contributed by atoms with Gasteiger partial charge >= 0.3 is 0 Å². The van der Waals surface area contributed by atoms with E-state index in [9.17, 15) is 25.0 Å². The van der Waals surface area contributed by atoms with Crippen molar-refractivity contribution in [3.8, 4) is 0 Å². The van der Waals surface area contributed by atoms with Crippen molar-refractivity contribution in [1.82, 2.24) is 0 Å². The number of nitrogens with zero attached hydrogens (tertiary/aromatic N) is 3. The lowest BCUT2D eigenvalue weighted by Gasteiger charge is -2.34. The zero-order chi connectivity index (χ0) is 16.4. The molecule has 0 amide bonds. The minimum absolute atomic E-state index is 0.0520. The Morgan fingerprint density at radius 2 is 1.77 bits per heavy atom. The number of piperidine rings is 1. The topological polar surface area (TPSA) is 107 Å². The largest absolute Gasteiger partial charge is 0.358 e. The molecule has 9 heteroatoms. The van der Waals surface area contributed by atoms with Crippen LogP contribution in [0.1, 0.15) is 36.5 Å². The maximum Gasteiger partial charge on any atom is 0.300 e. The average molecular weight is 328 g/mol. The predicted molar refractivity (Wildman–Crippen MR) is 80.6 cm³/mol. The molecule has 1 aromatic carbocycles. The zero-order valence-electron chi connectivity index (χ0n) is 11.8. The molecule has 0 N–H and O–H groups in total. The van der Waals surface area contributed by atoms with E-state index in [1.807, 2.05) is 6.92 Å². The van der Waals surface area contributed by atoms with E-state index in [4.69, 9.17) is 11.6 Å². The second-order valence-electron chi connectivity index (χ2n) is 5.19. The lowest BCUT2D eigenvalue weighted by Crippen LogP contribution is -2.38. The fourth-order valence-electron chi connectivity index (χ4n) is 2.72. The van der Waals surface area contributed by atoms with E-state index in [0.29, 0.717) is 6.54 Å². The number of carbonyl (C=O) groups excluding carboxylic acids is 1. The van der Waals surface area contributed by atoms with Crippen molar-refractivity contribution in [2.75, 3.05) is 11.4 Å². The smallest absolute Gasteiger partial charge is 0.300 e. The molecule has 1 unspecified atom stereocenters. The first-order chi connectivity index (χ1) is 10.3. The molecule has 1 saturated heterocycles. The minimum atomic E-state index is -0.968. The van der Waals surface area contributed by atoms with Gasteiger partial charge in [-0.05, 0) is 37.8 Å². The molecule has 1 heterocycles. The van der Waals surface area contributed by atoms with Crippen molar-refractivity contribution in [3.05, 3.63) is 37.9 Å². The number of nitro groups is 2. The summed E-state index contributed by atoms with van der Waals surface area (Å²) in [7, 11) is 0. The highest BCUT2D eigenvalue weighted by atomic mass is 35.5. The Morgan fingerprint density at radius 3 is 2.18 bits per heavy atom. The Hall–Kier alpha value is -2.22. The highest BCUT2D eigenvalue weighted by molar-refractivity contribution is 6.67. The SMILES string of the molecule is CC1CCCCN1c1c([N+](=O)[O-])cc(C(=O)Cl)cc1[N+](=O)[O-]. The third kappa shape index (κ3) is 3.01. The molecule has 8 nitrogen and oxygen atoms in total. The fraction of sp³-hybridized carbons (Fsp3) is 0.462. The normalized spacial score (nSPS) is 18.1. The van der Waals surface area contributed by atoms with Crippen LogP contribution in [0.2, 0.25) is 0 Å². The molecule has 1 aromatic rings. The molecule has 0 saturated carbocycles. The lowest BCUT2D eigenvalue weighted by atomic mass is 10.0. The van der Waals surface area contributed by atoms with Gasteiger partial charge in [0.1, 0.15) is 0 Å². The summed E-state index contributed by atoms with van der Waals surface area (Å²) in [5.41, 5.74) is -1.24. The molecular weight excluding hydrogens is 314 g/mol. The van der Waals surface area contributed by atoms with Gasteiger partial charge < -0.3 is 4.90 Å². The third-order valence-corrected chi connectivity index (χ3v) is 4.00. The van der Waals surface area contributed by atoms with Gasteiger partial charge in [0, 0.05) is 30.3 Å². The van der Waals surface area contributed by atoms with Crippen LogP contribution >= 0.6 is 11.6 Å². The van der Waals surface area contributed by atoms with Crippen LogP contribution in [0, 0.1) is 20.2 Å². The summed E-state index contributed by atoms with van der Waals surface area (Å²) in [5.74, 6) is 0. The summed E-state index contributed by atoms with van der Waals surface area (Å²) in [4.78, 5) is 34.1. The van der Waals surface area contributed by atoms with Crippen molar-refractivity contribution in [2.24, 2.45) is 0 Å². The van der Waals surface area contributed by atoms with Crippen molar-refractivity contribution in [1.29, 1.82) is 0 Å². The summed E-state index contributed by atoms with van der Waals surface area (Å²) in [5, 5.41) is 21.7. The molecule has 0 bridgehead atoms. The van der Waals surface area contributed by atoms with Gasteiger partial charge in [-0.15, -0.1) is 0 Å². The first kappa shape index (κ1) is 16.2. The monoisotopic (exact) mass is 327 g/mol. The number of halogens is 1. The predicted octanol–water partition coefficient (Wildman–Crippen LogP) is 3.26. The van der Waals surface area contributed by atoms with Crippen LogP contribution in [0.25, 0.3) is 0 Å². The molecule has 1 aliphatic rings. The Kier molecular flexibility index (Phi) is 4.60. The van der Waals surface area contributed by atoms with Crippen LogP contribution in [-0.4, -0.2) is 27.7 Å². The number of carbonyl (C=O) groups is 1. The van der Waals surface area contributed by atoms with E-state index in [-0.39, 0.29) is 17.3 Å². The molecule has 0 spiro atoms. The summed E-state index contributed by atoms with van der Waals surface area (Å²) >= 11 is 5.33. The van der Waals surface area contributed by atoms with Gasteiger partial charge in [-0.3, -0.25) is 25.0 Å². The molecule has 1 aliphatic heterocycles. The van der Waals surface area contributed by atoms with Crippen LogP contribution in [0.4, 0.5) is 17.1 Å². The Balaban J connectivity index is 2.70. The Bertz CT molecular complexity index is 614. The third-order valence-electron chi connectivity index (χ3n) is 3.78. The highest BCUT2D eigenvalue weighted by Gasteiger charge is 2.34. The first-order valence-electron chi connectivity index (χ1n) is 6.76. The zero-order valence-corrected chi connectivity index (χ0v) is 12.6. The molecule has 1 fully saturated rings. The van der Waals surface area contributed by atoms with E-state index >= 15 is 0 Å². The highest BCUT2D eigenvalue weighted by Crippen LogP contribution is 2.41. The lowest BCUT2D eigenvalue weighted by molar-refractivity contribution is -0.392. The molecule has 118 valence electrons. The Morgan fingerprint density at radius 1 is 1.23 bits per heavy atom. The summed E-state index contributed by atoms with van der Waals surface area (Å²) in [6.07, 6.45) is 2.57. The summed E-state index contributed by atoms with van der Waals surface area (Å²) in [6, 6.07) is 1.95. The van der Waals surface area contributed by atoms with Crippen molar-refractivity contribution in [3.63, 3.8) is 0 Å². The maximum absolute atomic E-state index is 11.3. The van der Waals surface area contributed by atoms with Crippen LogP contribution < -0.4 is 4.90 Å². The molecule has 0 radical (unpaired) electrons. The number of nitro benzene ring substituents is 2. The molecule has 1 atom stereocenters. The number of rotatable bonds is 4. The van der Waals surface area contributed by atoms with Gasteiger partial charge in [0.2, 0.25) is 0 Å². The van der Waals surface area contributed by atoms with Gasteiger partial charge in [-0.2, -0.15) is 0 Å². The first-order valence-corrected chi connectivity index (χ1v) is 7.14. The number of benzene rings is 1. The summed E-state index contributed by atoms with van der Waals surface area (Å²) < 4.78 is 0. The van der Waals surface area contributed by atoms with Gasteiger partial charge in [0.25, 0.3) is 16.6 Å². The van der Waals surface area contributed by atoms with Crippen molar-refractivity contribution >= 4 is 33.9 Å². The second-order valence-corrected chi connectivity index (χ2v) is 5.53. The van der Waals surface area contributed by atoms with E-state index in [1.165, 1.54) is 0 Å². The van der Waals surface area contributed by atoms with Gasteiger partial charge in [-0.25, -0.2) is 0 Å². The molecule has 0 aliphatic carbocycles.